The van der Waals surface area contributed by atoms with Crippen LogP contribution in [0.15, 0.2) is 51.9 Å². The Balaban J connectivity index is 1.20. The Morgan fingerprint density at radius 1 is 1.21 bits per heavy atom. The van der Waals surface area contributed by atoms with Gasteiger partial charge in [-0.15, -0.1) is 0 Å². The highest BCUT2D eigenvalue weighted by Gasteiger charge is 2.49. The second-order valence-corrected chi connectivity index (χ2v) is 7.45. The van der Waals surface area contributed by atoms with E-state index in [-0.39, 0.29) is 24.9 Å². The molecule has 3 aromatic heterocycles. The second-order valence-electron chi connectivity index (χ2n) is 6.67. The number of carbonyl (C=O) groups is 1. The lowest BCUT2D eigenvalue weighted by molar-refractivity contribution is 0.00917. The van der Waals surface area contributed by atoms with E-state index < -0.39 is 12.2 Å². The maximum atomic E-state index is 12.1. The number of anilines is 2. The number of ether oxygens (including phenoxy) is 3. The summed E-state index contributed by atoms with van der Waals surface area (Å²) < 4.78 is 22.6. The molecule has 5 rings (SSSR count). The third-order valence-electron chi connectivity index (χ3n) is 4.78. The van der Waals surface area contributed by atoms with Crippen LogP contribution in [0.4, 0.5) is 16.4 Å². The Labute approximate surface area is 170 Å². The maximum absolute atomic E-state index is 12.1. The van der Waals surface area contributed by atoms with Gasteiger partial charge in [-0.1, -0.05) is 0 Å². The monoisotopic (exact) mass is 414 g/mol. The SMILES string of the molecule is O=C(Nc1ccsc1)OC1COC2C(Nc3nccc(-c4ccco4)n3)COC12. The van der Waals surface area contributed by atoms with Crippen molar-refractivity contribution in [3.8, 4) is 11.5 Å². The molecule has 0 radical (unpaired) electrons. The van der Waals surface area contributed by atoms with E-state index in [2.05, 4.69) is 20.6 Å². The first-order valence-electron chi connectivity index (χ1n) is 9.13. The highest BCUT2D eigenvalue weighted by atomic mass is 32.1. The summed E-state index contributed by atoms with van der Waals surface area (Å²) in [5.41, 5.74) is 1.39. The van der Waals surface area contributed by atoms with Crippen molar-refractivity contribution in [3.05, 3.63) is 47.5 Å². The predicted molar refractivity (Wildman–Crippen MR) is 105 cm³/mol. The lowest BCUT2D eigenvalue weighted by Gasteiger charge is -2.18. The number of nitrogens with one attached hydrogen (secondary N) is 2. The molecule has 150 valence electrons. The fourth-order valence-electron chi connectivity index (χ4n) is 3.46. The Bertz CT molecular complexity index is 965. The number of carbonyl (C=O) groups excluding carboxylic acids is 1. The molecule has 2 saturated heterocycles. The van der Waals surface area contributed by atoms with E-state index in [1.165, 1.54) is 11.3 Å². The van der Waals surface area contributed by atoms with Crippen LogP contribution in [0.2, 0.25) is 0 Å². The van der Waals surface area contributed by atoms with Crippen molar-refractivity contribution >= 4 is 29.1 Å². The quantitative estimate of drug-likeness (QED) is 0.656. The molecule has 5 heterocycles. The summed E-state index contributed by atoms with van der Waals surface area (Å²) in [5, 5.41) is 9.66. The van der Waals surface area contributed by atoms with Gasteiger partial charge in [-0.25, -0.2) is 14.8 Å². The number of rotatable bonds is 5. The molecule has 2 aliphatic rings. The number of fused-ring (bicyclic) bond motifs is 1. The van der Waals surface area contributed by atoms with Crippen molar-refractivity contribution in [2.24, 2.45) is 0 Å². The van der Waals surface area contributed by atoms with Crippen LogP contribution < -0.4 is 10.6 Å². The molecule has 29 heavy (non-hydrogen) atoms. The van der Waals surface area contributed by atoms with Crippen LogP contribution in [0, 0.1) is 0 Å². The van der Waals surface area contributed by atoms with Crippen molar-refractivity contribution in [2.75, 3.05) is 23.8 Å². The molecule has 4 unspecified atom stereocenters. The lowest BCUT2D eigenvalue weighted by atomic mass is 10.1. The molecular weight excluding hydrogens is 396 g/mol. The van der Waals surface area contributed by atoms with Gasteiger partial charge < -0.3 is 23.9 Å². The summed E-state index contributed by atoms with van der Waals surface area (Å²) in [5.74, 6) is 1.12. The van der Waals surface area contributed by atoms with Gasteiger partial charge in [0.05, 0.1) is 31.2 Å². The van der Waals surface area contributed by atoms with Gasteiger partial charge in [-0.2, -0.15) is 11.3 Å². The van der Waals surface area contributed by atoms with Crippen LogP contribution in [-0.4, -0.2) is 53.6 Å². The van der Waals surface area contributed by atoms with E-state index in [0.29, 0.717) is 29.7 Å². The molecule has 0 aliphatic carbocycles. The summed E-state index contributed by atoms with van der Waals surface area (Å²) in [6, 6.07) is 7.08. The zero-order chi connectivity index (χ0) is 19.6. The minimum absolute atomic E-state index is 0.152. The van der Waals surface area contributed by atoms with Gasteiger partial charge in [0.25, 0.3) is 0 Å². The van der Waals surface area contributed by atoms with Crippen LogP contribution in [0.5, 0.6) is 0 Å². The topological polar surface area (TPSA) is 108 Å². The van der Waals surface area contributed by atoms with E-state index in [1.54, 1.807) is 24.6 Å². The molecule has 0 spiro atoms. The normalized spacial score (nSPS) is 25.5. The molecule has 9 nitrogen and oxygen atoms in total. The number of aromatic nitrogens is 2. The minimum atomic E-state index is -0.521. The molecular formula is C19H18N4O5S. The largest absolute Gasteiger partial charge is 0.463 e. The first-order chi connectivity index (χ1) is 14.3. The first kappa shape index (κ1) is 18.1. The number of hydrogen-bond acceptors (Lipinski definition) is 9. The number of nitrogens with zero attached hydrogens (tertiary/aromatic N) is 2. The Hall–Kier alpha value is -2.95. The Kier molecular flexibility index (Phi) is 4.88. The smallest absolute Gasteiger partial charge is 0.412 e. The van der Waals surface area contributed by atoms with Gasteiger partial charge in [0.15, 0.2) is 11.9 Å². The lowest BCUT2D eigenvalue weighted by Crippen LogP contribution is -2.38. The average Bonchev–Trinajstić information content (AvgIpc) is 3.50. The van der Waals surface area contributed by atoms with Crippen LogP contribution in [0.1, 0.15) is 0 Å². The third-order valence-corrected chi connectivity index (χ3v) is 5.46. The zero-order valence-electron chi connectivity index (χ0n) is 15.2. The number of hydrogen-bond donors (Lipinski definition) is 2. The van der Waals surface area contributed by atoms with Gasteiger partial charge in [-0.3, -0.25) is 5.32 Å². The third kappa shape index (κ3) is 3.82. The molecule has 2 N–H and O–H groups in total. The number of amides is 1. The van der Waals surface area contributed by atoms with E-state index in [1.807, 2.05) is 22.9 Å². The van der Waals surface area contributed by atoms with Crippen LogP contribution in [-0.2, 0) is 14.2 Å². The van der Waals surface area contributed by atoms with Crippen LogP contribution >= 0.6 is 11.3 Å². The molecule has 2 aliphatic heterocycles. The Morgan fingerprint density at radius 2 is 2.14 bits per heavy atom. The second kappa shape index (κ2) is 7.82. The fraction of sp³-hybridized carbons (Fsp3) is 0.316. The van der Waals surface area contributed by atoms with E-state index >= 15 is 0 Å². The van der Waals surface area contributed by atoms with E-state index in [0.717, 1.165) is 0 Å². The number of thiophene rings is 1. The average molecular weight is 414 g/mol. The van der Waals surface area contributed by atoms with Crippen LogP contribution in [0.3, 0.4) is 0 Å². The molecule has 0 saturated carbocycles. The summed E-state index contributed by atoms with van der Waals surface area (Å²) in [4.78, 5) is 20.8. The summed E-state index contributed by atoms with van der Waals surface area (Å²) in [7, 11) is 0. The fourth-order valence-corrected chi connectivity index (χ4v) is 4.05. The maximum Gasteiger partial charge on any atom is 0.412 e. The molecule has 2 fully saturated rings. The zero-order valence-corrected chi connectivity index (χ0v) is 16.0. The highest BCUT2D eigenvalue weighted by Crippen LogP contribution is 2.31. The van der Waals surface area contributed by atoms with Crippen molar-refractivity contribution in [3.63, 3.8) is 0 Å². The van der Waals surface area contributed by atoms with Gasteiger partial charge in [0.1, 0.15) is 17.9 Å². The van der Waals surface area contributed by atoms with E-state index in [9.17, 15) is 4.79 Å². The van der Waals surface area contributed by atoms with Crippen LogP contribution in [0.25, 0.3) is 11.5 Å². The molecule has 3 aromatic rings. The standard InChI is InChI=1S/C19H18N4O5S/c24-19(21-11-4-7-29-10-11)28-15-9-27-16-13(8-26-17(15)16)23-18-20-5-3-12(22-18)14-2-1-6-25-14/h1-7,10,13,15-17H,8-9H2,(H,21,24)(H,20,22,23). The van der Waals surface area contributed by atoms with Crippen molar-refractivity contribution in [2.45, 2.75) is 24.4 Å². The first-order valence-corrected chi connectivity index (χ1v) is 10.1. The van der Waals surface area contributed by atoms with Gasteiger partial charge in [-0.05, 0) is 29.6 Å². The summed E-state index contributed by atoms with van der Waals surface area (Å²) >= 11 is 1.50. The van der Waals surface area contributed by atoms with Gasteiger partial charge >= 0.3 is 6.09 Å². The van der Waals surface area contributed by atoms with E-state index in [4.69, 9.17) is 18.6 Å². The van der Waals surface area contributed by atoms with Crippen molar-refractivity contribution in [1.29, 1.82) is 0 Å². The molecule has 0 aromatic carbocycles. The van der Waals surface area contributed by atoms with Gasteiger partial charge in [0.2, 0.25) is 5.95 Å². The number of furan rings is 1. The van der Waals surface area contributed by atoms with Crippen molar-refractivity contribution in [1.82, 2.24) is 9.97 Å². The molecule has 10 heteroatoms. The van der Waals surface area contributed by atoms with Gasteiger partial charge in [0, 0.05) is 11.6 Å². The molecule has 4 atom stereocenters. The van der Waals surface area contributed by atoms with Crippen molar-refractivity contribution < 1.29 is 23.4 Å². The molecule has 0 bridgehead atoms. The highest BCUT2D eigenvalue weighted by molar-refractivity contribution is 7.08. The molecule has 1 amide bonds. The minimum Gasteiger partial charge on any atom is -0.463 e. The summed E-state index contributed by atoms with van der Waals surface area (Å²) in [6.45, 7) is 0.674. The predicted octanol–water partition coefficient (Wildman–Crippen LogP) is 2.99. The Morgan fingerprint density at radius 3 is 2.97 bits per heavy atom. The summed E-state index contributed by atoms with van der Waals surface area (Å²) in [6.07, 6.45) is 1.67.